The standard InChI is InChI=1S/C22H21N3O/c26-22(23-14-19-13-20(16-11-12-16)25-15-24-19)21(17-7-3-1-4-8-17)18-9-5-2-6-10-18/h1-10,13,15-16,21H,11-12,14H2,(H,23,26). The first kappa shape index (κ1) is 16.5. The van der Waals surface area contributed by atoms with Crippen LogP contribution in [-0.2, 0) is 11.3 Å². The number of hydrogen-bond donors (Lipinski definition) is 1. The number of amides is 1. The lowest BCUT2D eigenvalue weighted by atomic mass is 9.90. The van der Waals surface area contributed by atoms with Crippen LogP contribution in [0.15, 0.2) is 73.1 Å². The Bertz CT molecular complexity index is 837. The Kier molecular flexibility index (Phi) is 4.73. The maximum Gasteiger partial charge on any atom is 0.232 e. The molecule has 4 heteroatoms. The van der Waals surface area contributed by atoms with Crippen molar-refractivity contribution in [2.24, 2.45) is 0 Å². The number of rotatable bonds is 6. The molecule has 130 valence electrons. The van der Waals surface area contributed by atoms with Crippen LogP contribution >= 0.6 is 0 Å². The van der Waals surface area contributed by atoms with Crippen LogP contribution in [-0.4, -0.2) is 15.9 Å². The largest absolute Gasteiger partial charge is 0.350 e. The van der Waals surface area contributed by atoms with Crippen LogP contribution in [0, 0.1) is 0 Å². The summed E-state index contributed by atoms with van der Waals surface area (Å²) in [6.45, 7) is 0.414. The number of benzene rings is 2. The van der Waals surface area contributed by atoms with Crippen LogP contribution in [0.2, 0.25) is 0 Å². The van der Waals surface area contributed by atoms with Gasteiger partial charge in [-0.1, -0.05) is 60.7 Å². The van der Waals surface area contributed by atoms with E-state index in [9.17, 15) is 4.79 Å². The molecule has 1 aromatic heterocycles. The molecule has 0 unspecified atom stereocenters. The van der Waals surface area contributed by atoms with E-state index in [4.69, 9.17) is 0 Å². The molecule has 1 N–H and O–H groups in total. The van der Waals surface area contributed by atoms with Gasteiger partial charge >= 0.3 is 0 Å². The molecule has 3 aromatic rings. The van der Waals surface area contributed by atoms with Crippen LogP contribution in [0.1, 0.15) is 47.2 Å². The van der Waals surface area contributed by atoms with Gasteiger partial charge in [0.2, 0.25) is 5.91 Å². The number of aromatic nitrogens is 2. The molecule has 0 aliphatic heterocycles. The van der Waals surface area contributed by atoms with E-state index in [0.717, 1.165) is 22.5 Å². The normalized spacial score (nSPS) is 13.6. The molecule has 1 saturated carbocycles. The molecule has 0 saturated heterocycles. The van der Waals surface area contributed by atoms with Crippen LogP contribution < -0.4 is 5.32 Å². The second-order valence-electron chi connectivity index (χ2n) is 6.68. The number of nitrogens with zero attached hydrogens (tertiary/aromatic N) is 2. The smallest absolute Gasteiger partial charge is 0.232 e. The number of hydrogen-bond acceptors (Lipinski definition) is 3. The fraction of sp³-hybridized carbons (Fsp3) is 0.227. The van der Waals surface area contributed by atoms with Gasteiger partial charge in [0, 0.05) is 11.6 Å². The van der Waals surface area contributed by atoms with Crippen LogP contribution in [0.3, 0.4) is 0 Å². The minimum absolute atomic E-state index is 0.0195. The van der Waals surface area contributed by atoms with Gasteiger partial charge in [0.05, 0.1) is 18.2 Å². The Morgan fingerprint density at radius 3 is 2.15 bits per heavy atom. The molecular formula is C22H21N3O. The summed E-state index contributed by atoms with van der Waals surface area (Å²) in [5, 5.41) is 3.05. The van der Waals surface area contributed by atoms with E-state index >= 15 is 0 Å². The number of nitrogens with one attached hydrogen (secondary N) is 1. The Balaban J connectivity index is 1.52. The molecule has 1 heterocycles. The maximum atomic E-state index is 13.0. The van der Waals surface area contributed by atoms with Gasteiger partial charge in [-0.05, 0) is 30.0 Å². The van der Waals surface area contributed by atoms with Crippen molar-refractivity contribution in [3.05, 3.63) is 95.6 Å². The lowest BCUT2D eigenvalue weighted by Gasteiger charge is -2.18. The van der Waals surface area contributed by atoms with E-state index in [-0.39, 0.29) is 11.8 Å². The zero-order valence-corrected chi connectivity index (χ0v) is 14.5. The molecule has 1 aliphatic carbocycles. The first-order chi connectivity index (χ1) is 12.8. The minimum atomic E-state index is -0.331. The van der Waals surface area contributed by atoms with Gasteiger partial charge in [-0.15, -0.1) is 0 Å². The quantitative estimate of drug-likeness (QED) is 0.740. The van der Waals surface area contributed by atoms with Gasteiger partial charge in [0.1, 0.15) is 6.33 Å². The van der Waals surface area contributed by atoms with Gasteiger partial charge in [0.25, 0.3) is 0 Å². The third kappa shape index (κ3) is 3.80. The molecular weight excluding hydrogens is 322 g/mol. The summed E-state index contributed by atoms with van der Waals surface area (Å²) in [4.78, 5) is 21.6. The topological polar surface area (TPSA) is 54.9 Å². The lowest BCUT2D eigenvalue weighted by molar-refractivity contribution is -0.121. The van der Waals surface area contributed by atoms with Gasteiger partial charge in [-0.25, -0.2) is 9.97 Å². The molecule has 1 fully saturated rings. The highest BCUT2D eigenvalue weighted by Gasteiger charge is 2.26. The van der Waals surface area contributed by atoms with E-state index < -0.39 is 0 Å². The average molecular weight is 343 g/mol. The summed E-state index contributed by atoms with van der Waals surface area (Å²) in [5.74, 6) is 0.227. The molecule has 0 radical (unpaired) electrons. The molecule has 2 aromatic carbocycles. The highest BCUT2D eigenvalue weighted by atomic mass is 16.1. The molecule has 0 atom stereocenters. The van der Waals surface area contributed by atoms with Crippen molar-refractivity contribution in [2.45, 2.75) is 31.2 Å². The second kappa shape index (κ2) is 7.48. The number of carbonyl (C=O) groups is 1. The van der Waals surface area contributed by atoms with Gasteiger partial charge < -0.3 is 5.32 Å². The van der Waals surface area contributed by atoms with Crippen molar-refractivity contribution in [1.29, 1.82) is 0 Å². The first-order valence-corrected chi connectivity index (χ1v) is 8.99. The Morgan fingerprint density at radius 2 is 1.58 bits per heavy atom. The number of carbonyl (C=O) groups excluding carboxylic acids is 1. The van der Waals surface area contributed by atoms with Crippen LogP contribution in [0.25, 0.3) is 0 Å². The zero-order valence-electron chi connectivity index (χ0n) is 14.5. The zero-order chi connectivity index (χ0) is 17.8. The third-order valence-electron chi connectivity index (χ3n) is 4.71. The van der Waals surface area contributed by atoms with Crippen LogP contribution in [0.5, 0.6) is 0 Å². The maximum absolute atomic E-state index is 13.0. The average Bonchev–Trinajstić information content (AvgIpc) is 3.54. The van der Waals surface area contributed by atoms with Crippen LogP contribution in [0.4, 0.5) is 0 Å². The highest BCUT2D eigenvalue weighted by molar-refractivity contribution is 5.87. The Hall–Kier alpha value is -3.01. The van der Waals surface area contributed by atoms with Crippen molar-refractivity contribution in [1.82, 2.24) is 15.3 Å². The van der Waals surface area contributed by atoms with E-state index in [1.54, 1.807) is 6.33 Å². The van der Waals surface area contributed by atoms with Crippen molar-refractivity contribution in [3.63, 3.8) is 0 Å². The molecule has 1 amide bonds. The lowest BCUT2D eigenvalue weighted by Crippen LogP contribution is -2.30. The summed E-state index contributed by atoms with van der Waals surface area (Å²) >= 11 is 0. The SMILES string of the molecule is O=C(NCc1cc(C2CC2)ncn1)C(c1ccccc1)c1ccccc1. The predicted molar refractivity (Wildman–Crippen MR) is 101 cm³/mol. The molecule has 4 rings (SSSR count). The third-order valence-corrected chi connectivity index (χ3v) is 4.71. The first-order valence-electron chi connectivity index (χ1n) is 8.99. The summed E-state index contributed by atoms with van der Waals surface area (Å²) in [6, 6.07) is 21.8. The highest BCUT2D eigenvalue weighted by Crippen LogP contribution is 2.38. The fourth-order valence-electron chi connectivity index (χ4n) is 3.18. The van der Waals surface area contributed by atoms with Crippen molar-refractivity contribution >= 4 is 5.91 Å². The van der Waals surface area contributed by atoms with Crippen molar-refractivity contribution in [2.75, 3.05) is 0 Å². The second-order valence-corrected chi connectivity index (χ2v) is 6.68. The van der Waals surface area contributed by atoms with Gasteiger partial charge in [0.15, 0.2) is 0 Å². The Morgan fingerprint density at radius 1 is 0.962 bits per heavy atom. The summed E-state index contributed by atoms with van der Waals surface area (Å²) in [7, 11) is 0. The van der Waals surface area contributed by atoms with E-state index in [1.807, 2.05) is 66.7 Å². The van der Waals surface area contributed by atoms with Gasteiger partial charge in [-0.3, -0.25) is 4.79 Å². The van der Waals surface area contributed by atoms with E-state index in [2.05, 4.69) is 15.3 Å². The Labute approximate surface area is 153 Å². The fourth-order valence-corrected chi connectivity index (χ4v) is 3.18. The summed E-state index contributed by atoms with van der Waals surface area (Å²) in [5.41, 5.74) is 3.91. The molecule has 0 spiro atoms. The van der Waals surface area contributed by atoms with Crippen molar-refractivity contribution < 1.29 is 4.79 Å². The van der Waals surface area contributed by atoms with E-state index in [0.29, 0.717) is 12.5 Å². The predicted octanol–water partition coefficient (Wildman–Crippen LogP) is 3.80. The minimum Gasteiger partial charge on any atom is -0.350 e. The monoisotopic (exact) mass is 343 g/mol. The molecule has 0 bridgehead atoms. The summed E-state index contributed by atoms with van der Waals surface area (Å²) in [6.07, 6.45) is 4.00. The van der Waals surface area contributed by atoms with E-state index in [1.165, 1.54) is 12.8 Å². The molecule has 26 heavy (non-hydrogen) atoms. The molecule has 4 nitrogen and oxygen atoms in total. The van der Waals surface area contributed by atoms with Gasteiger partial charge in [-0.2, -0.15) is 0 Å². The summed E-state index contributed by atoms with van der Waals surface area (Å²) < 4.78 is 0. The molecule has 1 aliphatic rings. The van der Waals surface area contributed by atoms with Crippen molar-refractivity contribution in [3.8, 4) is 0 Å².